The van der Waals surface area contributed by atoms with Crippen LogP contribution in [-0.4, -0.2) is 29.3 Å². The van der Waals surface area contributed by atoms with Gasteiger partial charge in [0.1, 0.15) is 11.2 Å². The quantitative estimate of drug-likeness (QED) is 0.298. The third kappa shape index (κ3) is 5.71. The highest BCUT2D eigenvalue weighted by molar-refractivity contribution is 14.1. The van der Waals surface area contributed by atoms with Crippen LogP contribution in [-0.2, 0) is 21.5 Å². The molecule has 1 aliphatic carbocycles. The Balaban J connectivity index is 2.02. The van der Waals surface area contributed by atoms with E-state index in [4.69, 9.17) is 21.1 Å². The van der Waals surface area contributed by atoms with Crippen LogP contribution in [0.1, 0.15) is 44.7 Å². The Morgan fingerprint density at radius 1 is 1.44 bits per heavy atom. The van der Waals surface area contributed by atoms with Crippen LogP contribution in [0.5, 0.6) is 0 Å². The summed E-state index contributed by atoms with van der Waals surface area (Å²) in [6.45, 7) is 6.33. The smallest absolute Gasteiger partial charge is 0.407 e. The van der Waals surface area contributed by atoms with Gasteiger partial charge in [-0.3, -0.25) is 0 Å². The molecule has 1 atom stereocenters. The molecule has 4 nitrogen and oxygen atoms in total. The van der Waals surface area contributed by atoms with Crippen LogP contribution in [0.15, 0.2) is 16.6 Å². The maximum absolute atomic E-state index is 11.7. The minimum atomic E-state index is -0.502. The predicted octanol–water partition coefficient (Wildman–Crippen LogP) is 5.61. The maximum Gasteiger partial charge on any atom is 0.407 e. The van der Waals surface area contributed by atoms with E-state index in [1.807, 2.05) is 26.8 Å². The SMILES string of the molecule is CC(C)(C)OC(=O)NCCOC1(CI)CCCc2cc(Br)cc(Cl)c21. The fourth-order valence-electron chi connectivity index (χ4n) is 3.05. The van der Waals surface area contributed by atoms with Gasteiger partial charge in [-0.2, -0.15) is 0 Å². The van der Waals surface area contributed by atoms with Gasteiger partial charge >= 0.3 is 6.09 Å². The average molecular weight is 545 g/mol. The summed E-state index contributed by atoms with van der Waals surface area (Å²) < 4.78 is 13.3. The van der Waals surface area contributed by atoms with Gasteiger partial charge in [0.25, 0.3) is 0 Å². The summed E-state index contributed by atoms with van der Waals surface area (Å²) in [5.41, 5.74) is 1.43. The fraction of sp³-hybridized carbons (Fsp3) is 0.611. The van der Waals surface area contributed by atoms with Crippen LogP contribution in [0.25, 0.3) is 0 Å². The van der Waals surface area contributed by atoms with Crippen molar-refractivity contribution in [1.29, 1.82) is 0 Å². The van der Waals surface area contributed by atoms with Crippen molar-refractivity contribution < 1.29 is 14.3 Å². The first-order valence-corrected chi connectivity index (χ1v) is 11.0. The monoisotopic (exact) mass is 543 g/mol. The van der Waals surface area contributed by atoms with E-state index in [1.165, 1.54) is 5.56 Å². The number of rotatable bonds is 5. The number of aryl methyl sites for hydroxylation is 1. The van der Waals surface area contributed by atoms with Crippen molar-refractivity contribution in [3.63, 3.8) is 0 Å². The zero-order valence-corrected chi connectivity index (χ0v) is 19.3. The van der Waals surface area contributed by atoms with Crippen LogP contribution >= 0.6 is 50.1 Å². The second-order valence-electron chi connectivity index (χ2n) is 7.18. The first-order valence-electron chi connectivity index (χ1n) is 8.32. The highest BCUT2D eigenvalue weighted by atomic mass is 127. The van der Waals surface area contributed by atoms with Gasteiger partial charge in [-0.25, -0.2) is 4.79 Å². The molecule has 1 amide bonds. The Morgan fingerprint density at radius 3 is 2.80 bits per heavy atom. The third-order valence-electron chi connectivity index (χ3n) is 3.98. The topological polar surface area (TPSA) is 47.6 Å². The molecule has 25 heavy (non-hydrogen) atoms. The zero-order valence-electron chi connectivity index (χ0n) is 14.8. The summed E-state index contributed by atoms with van der Waals surface area (Å²) in [6.07, 6.45) is 2.57. The van der Waals surface area contributed by atoms with Gasteiger partial charge in [0.05, 0.1) is 6.61 Å². The Labute approximate surface area is 176 Å². The summed E-state index contributed by atoms with van der Waals surface area (Å²) in [7, 11) is 0. The number of benzene rings is 1. The molecule has 0 spiro atoms. The molecular formula is C18H24BrClINO3. The van der Waals surface area contributed by atoms with E-state index in [0.29, 0.717) is 13.2 Å². The summed E-state index contributed by atoms with van der Waals surface area (Å²) in [5, 5.41) is 3.48. The number of halogens is 3. The van der Waals surface area contributed by atoms with Gasteiger partial charge in [0.15, 0.2) is 0 Å². The molecular weight excluding hydrogens is 520 g/mol. The van der Waals surface area contributed by atoms with Gasteiger partial charge < -0.3 is 14.8 Å². The molecule has 140 valence electrons. The van der Waals surface area contributed by atoms with E-state index >= 15 is 0 Å². The van der Waals surface area contributed by atoms with Gasteiger partial charge in [0, 0.05) is 26.0 Å². The maximum atomic E-state index is 11.7. The Bertz CT molecular complexity index is 635. The Kier molecular flexibility index (Phi) is 7.45. The van der Waals surface area contributed by atoms with Crippen molar-refractivity contribution in [3.05, 3.63) is 32.8 Å². The number of hydrogen-bond donors (Lipinski definition) is 1. The molecule has 2 rings (SSSR count). The first kappa shape index (κ1) is 21.3. The van der Waals surface area contributed by atoms with Gasteiger partial charge in [-0.15, -0.1) is 0 Å². The number of carbonyl (C=O) groups is 1. The summed E-state index contributed by atoms with van der Waals surface area (Å²) in [4.78, 5) is 11.7. The number of fused-ring (bicyclic) bond motifs is 1. The normalized spacial score (nSPS) is 20.1. The Hall–Kier alpha value is -0.0500. The second kappa shape index (κ2) is 8.76. The molecule has 0 radical (unpaired) electrons. The lowest BCUT2D eigenvalue weighted by molar-refractivity contribution is -0.0410. The third-order valence-corrected chi connectivity index (χ3v) is 5.97. The molecule has 0 aliphatic heterocycles. The zero-order chi connectivity index (χ0) is 18.7. The van der Waals surface area contributed by atoms with E-state index in [-0.39, 0.29) is 0 Å². The van der Waals surface area contributed by atoms with Crippen molar-refractivity contribution in [3.8, 4) is 0 Å². The number of hydrogen-bond acceptors (Lipinski definition) is 3. The standard InChI is InChI=1S/C18H24BrClINO3/c1-17(2,3)25-16(23)22-7-8-24-18(11-21)6-4-5-12-9-13(19)10-14(20)15(12)18/h9-10H,4-8,11H2,1-3H3,(H,22,23). The number of alkyl carbamates (subject to hydrolysis) is 1. The minimum absolute atomic E-state index is 0.400. The number of nitrogens with one attached hydrogen (secondary N) is 1. The van der Waals surface area contributed by atoms with Gasteiger partial charge in [-0.1, -0.05) is 50.1 Å². The molecule has 7 heteroatoms. The molecule has 0 bridgehead atoms. The van der Waals surface area contributed by atoms with Gasteiger partial charge in [-0.05, 0) is 57.7 Å². The Morgan fingerprint density at radius 2 is 2.16 bits per heavy atom. The molecule has 0 saturated carbocycles. The molecule has 0 saturated heterocycles. The highest BCUT2D eigenvalue weighted by Gasteiger charge is 2.38. The van der Waals surface area contributed by atoms with Gasteiger partial charge in [0.2, 0.25) is 0 Å². The molecule has 1 aromatic carbocycles. The molecule has 0 aromatic heterocycles. The molecule has 0 fully saturated rings. The molecule has 1 unspecified atom stereocenters. The number of ether oxygens (including phenoxy) is 2. The highest BCUT2D eigenvalue weighted by Crippen LogP contribution is 2.44. The van der Waals surface area contributed by atoms with E-state index < -0.39 is 17.3 Å². The van der Waals surface area contributed by atoms with Crippen molar-refractivity contribution >= 4 is 56.2 Å². The lowest BCUT2D eigenvalue weighted by Crippen LogP contribution is -2.39. The summed E-state index contributed by atoms with van der Waals surface area (Å²) in [6, 6.07) is 4.05. The van der Waals surface area contributed by atoms with Crippen LogP contribution in [0, 0.1) is 0 Å². The first-order chi connectivity index (χ1) is 11.7. The largest absolute Gasteiger partial charge is 0.444 e. The fourth-order valence-corrected chi connectivity index (χ4v) is 5.09. The lowest BCUT2D eigenvalue weighted by atomic mass is 9.80. The van der Waals surface area contributed by atoms with E-state index in [9.17, 15) is 4.79 Å². The second-order valence-corrected chi connectivity index (χ2v) is 9.27. The van der Waals surface area contributed by atoms with Crippen molar-refractivity contribution in [2.45, 2.75) is 51.2 Å². The number of alkyl halides is 1. The van der Waals surface area contributed by atoms with E-state index in [0.717, 1.165) is 38.7 Å². The minimum Gasteiger partial charge on any atom is -0.444 e. The van der Waals surface area contributed by atoms with Crippen LogP contribution in [0.4, 0.5) is 4.79 Å². The van der Waals surface area contributed by atoms with Crippen molar-refractivity contribution in [1.82, 2.24) is 5.32 Å². The number of carbonyl (C=O) groups excluding carboxylic acids is 1. The molecule has 1 aromatic rings. The van der Waals surface area contributed by atoms with E-state index in [1.54, 1.807) is 0 Å². The summed E-state index contributed by atoms with van der Waals surface area (Å²) >= 11 is 12.4. The average Bonchev–Trinajstić information content (AvgIpc) is 2.49. The predicted molar refractivity (Wildman–Crippen MR) is 113 cm³/mol. The lowest BCUT2D eigenvalue weighted by Gasteiger charge is -2.38. The van der Waals surface area contributed by atoms with Crippen molar-refractivity contribution in [2.75, 3.05) is 17.6 Å². The van der Waals surface area contributed by atoms with Crippen LogP contribution in [0.2, 0.25) is 5.02 Å². The van der Waals surface area contributed by atoms with Crippen LogP contribution in [0.3, 0.4) is 0 Å². The molecule has 1 N–H and O–H groups in total. The van der Waals surface area contributed by atoms with E-state index in [2.05, 4.69) is 49.9 Å². The number of amides is 1. The molecule has 1 aliphatic rings. The summed E-state index contributed by atoms with van der Waals surface area (Å²) in [5.74, 6) is 0. The van der Waals surface area contributed by atoms with Crippen molar-refractivity contribution in [2.24, 2.45) is 0 Å². The molecule has 0 heterocycles. The van der Waals surface area contributed by atoms with Crippen LogP contribution < -0.4 is 5.32 Å².